The lowest BCUT2D eigenvalue weighted by Gasteiger charge is -2.36. The lowest BCUT2D eigenvalue weighted by atomic mass is 9.75. The van der Waals surface area contributed by atoms with Crippen LogP contribution in [0.3, 0.4) is 0 Å². The Balaban J connectivity index is 2.14. The van der Waals surface area contributed by atoms with Gasteiger partial charge in [0.15, 0.2) is 0 Å². The molecule has 0 spiro atoms. The predicted molar refractivity (Wildman–Crippen MR) is 86.1 cm³/mol. The minimum absolute atomic E-state index is 0.0297. The number of anilines is 1. The monoisotopic (exact) mass is 289 g/mol. The quantitative estimate of drug-likeness (QED) is 0.670. The molecule has 3 atom stereocenters. The molecule has 3 unspecified atom stereocenters. The van der Waals surface area contributed by atoms with Crippen LogP contribution in [0.4, 0.5) is 5.69 Å². The molecular weight excluding hydrogens is 262 g/mol. The highest BCUT2D eigenvalue weighted by Gasteiger charge is 2.33. The molecule has 0 aliphatic heterocycles. The molecular formula is C18H27NO2. The highest BCUT2D eigenvalue weighted by Crippen LogP contribution is 2.35. The summed E-state index contributed by atoms with van der Waals surface area (Å²) in [5.41, 5.74) is 7.93. The number of esters is 1. The van der Waals surface area contributed by atoms with E-state index in [9.17, 15) is 4.79 Å². The zero-order valence-electron chi connectivity index (χ0n) is 13.6. The van der Waals surface area contributed by atoms with Gasteiger partial charge in [0.25, 0.3) is 0 Å². The molecule has 116 valence electrons. The van der Waals surface area contributed by atoms with Gasteiger partial charge in [0, 0.05) is 5.69 Å². The molecule has 1 aliphatic carbocycles. The van der Waals surface area contributed by atoms with E-state index in [0.717, 1.165) is 18.4 Å². The predicted octanol–water partition coefficient (Wildman–Crippen LogP) is 4.19. The second-order valence-electron chi connectivity index (χ2n) is 6.79. The van der Waals surface area contributed by atoms with Gasteiger partial charge in [-0.05, 0) is 55.2 Å². The molecule has 2 rings (SSSR count). The van der Waals surface area contributed by atoms with Crippen LogP contribution in [0.25, 0.3) is 0 Å². The summed E-state index contributed by atoms with van der Waals surface area (Å²) in [6.07, 6.45) is 3.37. The first-order valence-electron chi connectivity index (χ1n) is 7.96. The molecule has 1 saturated carbocycles. The molecule has 0 aromatic heterocycles. The first-order valence-corrected chi connectivity index (χ1v) is 7.96. The fourth-order valence-corrected chi connectivity index (χ4v) is 3.33. The zero-order valence-corrected chi connectivity index (χ0v) is 13.6. The Bertz CT molecular complexity index is 510. The Labute approximate surface area is 127 Å². The number of benzene rings is 1. The number of rotatable bonds is 3. The maximum Gasteiger partial charge on any atom is 0.338 e. The average Bonchev–Trinajstić information content (AvgIpc) is 2.41. The van der Waals surface area contributed by atoms with Gasteiger partial charge in [-0.25, -0.2) is 4.79 Å². The number of hydrogen-bond donors (Lipinski definition) is 1. The molecule has 0 radical (unpaired) electrons. The summed E-state index contributed by atoms with van der Waals surface area (Å²) in [5.74, 6) is 1.40. The van der Waals surface area contributed by atoms with Crippen LogP contribution in [0.2, 0.25) is 0 Å². The lowest BCUT2D eigenvalue weighted by Crippen LogP contribution is -2.36. The van der Waals surface area contributed by atoms with E-state index in [1.165, 1.54) is 6.42 Å². The molecule has 1 fully saturated rings. The first kappa shape index (κ1) is 15.9. The van der Waals surface area contributed by atoms with E-state index < -0.39 is 0 Å². The van der Waals surface area contributed by atoms with Crippen LogP contribution in [0.15, 0.2) is 18.2 Å². The molecule has 0 heterocycles. The Kier molecular flexibility index (Phi) is 4.92. The van der Waals surface area contributed by atoms with Crippen LogP contribution < -0.4 is 5.73 Å². The van der Waals surface area contributed by atoms with Gasteiger partial charge in [-0.1, -0.05) is 33.3 Å². The third-order valence-electron chi connectivity index (χ3n) is 4.82. The van der Waals surface area contributed by atoms with Gasteiger partial charge in [-0.2, -0.15) is 0 Å². The molecule has 0 bridgehead atoms. The van der Waals surface area contributed by atoms with Gasteiger partial charge >= 0.3 is 5.97 Å². The third kappa shape index (κ3) is 3.58. The normalized spacial score (nSPS) is 25.9. The van der Waals surface area contributed by atoms with E-state index in [1.54, 1.807) is 6.07 Å². The maximum absolute atomic E-state index is 12.5. The van der Waals surface area contributed by atoms with Gasteiger partial charge < -0.3 is 10.5 Å². The Hall–Kier alpha value is -1.51. The van der Waals surface area contributed by atoms with Crippen molar-refractivity contribution in [3.05, 3.63) is 29.3 Å². The standard InChI is InChI=1S/C18H27NO2/c1-11(2)14-9-8-12(3)10-17(14)21-18(20)15-6-5-7-16(19)13(15)4/h5-7,11-12,14,17H,8-10,19H2,1-4H3. The van der Waals surface area contributed by atoms with Gasteiger partial charge in [0.05, 0.1) is 5.56 Å². The van der Waals surface area contributed by atoms with Crippen LogP contribution in [-0.4, -0.2) is 12.1 Å². The summed E-state index contributed by atoms with van der Waals surface area (Å²) in [6, 6.07) is 5.42. The summed E-state index contributed by atoms with van der Waals surface area (Å²) >= 11 is 0. The number of nitrogen functional groups attached to an aromatic ring is 1. The molecule has 1 aromatic carbocycles. The number of carbonyl (C=O) groups is 1. The van der Waals surface area contributed by atoms with E-state index in [0.29, 0.717) is 29.0 Å². The van der Waals surface area contributed by atoms with E-state index in [1.807, 2.05) is 19.1 Å². The van der Waals surface area contributed by atoms with Crippen LogP contribution in [0.5, 0.6) is 0 Å². The highest BCUT2D eigenvalue weighted by atomic mass is 16.5. The van der Waals surface area contributed by atoms with Crippen molar-refractivity contribution in [3.8, 4) is 0 Å². The number of nitrogens with two attached hydrogens (primary N) is 1. The first-order chi connectivity index (χ1) is 9.90. The van der Waals surface area contributed by atoms with Gasteiger partial charge in [-0.15, -0.1) is 0 Å². The fraction of sp³-hybridized carbons (Fsp3) is 0.611. The van der Waals surface area contributed by atoms with Gasteiger partial charge in [0.2, 0.25) is 0 Å². The smallest absolute Gasteiger partial charge is 0.338 e. The fourth-order valence-electron chi connectivity index (χ4n) is 3.33. The van der Waals surface area contributed by atoms with Crippen LogP contribution >= 0.6 is 0 Å². The van der Waals surface area contributed by atoms with Crippen molar-refractivity contribution in [1.82, 2.24) is 0 Å². The molecule has 1 aromatic rings. The minimum atomic E-state index is -0.232. The SMILES string of the molecule is Cc1c(N)cccc1C(=O)OC1CC(C)CCC1C(C)C. The van der Waals surface area contributed by atoms with Crippen molar-refractivity contribution in [3.63, 3.8) is 0 Å². The van der Waals surface area contributed by atoms with Crippen LogP contribution in [-0.2, 0) is 4.74 Å². The highest BCUT2D eigenvalue weighted by molar-refractivity contribution is 5.92. The van der Waals surface area contributed by atoms with Crippen molar-refractivity contribution in [1.29, 1.82) is 0 Å². The summed E-state index contributed by atoms with van der Waals surface area (Å²) in [6.45, 7) is 8.54. The van der Waals surface area contributed by atoms with E-state index in [-0.39, 0.29) is 12.1 Å². The molecule has 1 aliphatic rings. The molecule has 21 heavy (non-hydrogen) atoms. The van der Waals surface area contributed by atoms with Crippen molar-refractivity contribution < 1.29 is 9.53 Å². The van der Waals surface area contributed by atoms with Crippen LogP contribution in [0.1, 0.15) is 56.0 Å². The summed E-state index contributed by atoms with van der Waals surface area (Å²) < 4.78 is 5.86. The van der Waals surface area contributed by atoms with E-state index in [4.69, 9.17) is 10.5 Å². The topological polar surface area (TPSA) is 52.3 Å². The molecule has 0 amide bonds. The lowest BCUT2D eigenvalue weighted by molar-refractivity contribution is -0.0174. The summed E-state index contributed by atoms with van der Waals surface area (Å²) in [5, 5.41) is 0. The largest absolute Gasteiger partial charge is 0.458 e. The summed E-state index contributed by atoms with van der Waals surface area (Å²) in [4.78, 5) is 12.5. The third-order valence-corrected chi connectivity index (χ3v) is 4.82. The van der Waals surface area contributed by atoms with Crippen LogP contribution in [0, 0.1) is 24.7 Å². The Morgan fingerprint density at radius 1 is 1.33 bits per heavy atom. The minimum Gasteiger partial charge on any atom is -0.458 e. The van der Waals surface area contributed by atoms with Crippen molar-refractivity contribution in [2.75, 3.05) is 5.73 Å². The molecule has 0 saturated heterocycles. The van der Waals surface area contributed by atoms with Crippen molar-refractivity contribution in [2.45, 2.75) is 53.1 Å². The number of ether oxygens (including phenoxy) is 1. The van der Waals surface area contributed by atoms with Crippen molar-refractivity contribution in [2.24, 2.45) is 17.8 Å². The molecule has 3 nitrogen and oxygen atoms in total. The second-order valence-corrected chi connectivity index (χ2v) is 6.79. The maximum atomic E-state index is 12.5. The molecule has 3 heteroatoms. The van der Waals surface area contributed by atoms with E-state index in [2.05, 4.69) is 20.8 Å². The second kappa shape index (κ2) is 6.50. The average molecular weight is 289 g/mol. The van der Waals surface area contributed by atoms with Crippen molar-refractivity contribution >= 4 is 11.7 Å². The summed E-state index contributed by atoms with van der Waals surface area (Å²) in [7, 11) is 0. The number of carbonyl (C=O) groups excluding carboxylic acids is 1. The molecule has 2 N–H and O–H groups in total. The zero-order chi connectivity index (χ0) is 15.6. The van der Waals surface area contributed by atoms with Gasteiger partial charge in [0.1, 0.15) is 6.10 Å². The Morgan fingerprint density at radius 2 is 2.05 bits per heavy atom. The Morgan fingerprint density at radius 3 is 2.71 bits per heavy atom. The number of hydrogen-bond acceptors (Lipinski definition) is 3. The van der Waals surface area contributed by atoms with Gasteiger partial charge in [-0.3, -0.25) is 0 Å². The van der Waals surface area contributed by atoms with E-state index >= 15 is 0 Å².